The van der Waals surface area contributed by atoms with Crippen molar-refractivity contribution in [1.82, 2.24) is 0 Å². The molecule has 1 aliphatic rings. The largest absolute Gasteiger partial charge is 0.497 e. The number of ether oxygens (including phenoxy) is 1. The Morgan fingerprint density at radius 1 is 1.47 bits per heavy atom. The van der Waals surface area contributed by atoms with Gasteiger partial charge in [-0.25, -0.2) is 4.39 Å². The molecule has 1 unspecified atom stereocenters. The molecule has 2 rings (SSSR count). The Morgan fingerprint density at radius 3 is 2.76 bits per heavy atom. The lowest BCUT2D eigenvalue weighted by Crippen LogP contribution is -2.28. The molecular weight excluding hydrogens is 239 g/mol. The van der Waals surface area contributed by atoms with Crippen LogP contribution >= 0.6 is 11.8 Å². The number of ketones is 1. The van der Waals surface area contributed by atoms with Crippen LogP contribution in [0.3, 0.4) is 0 Å². The number of carbonyl (C=O) groups is 1. The summed E-state index contributed by atoms with van der Waals surface area (Å²) in [5.41, 5.74) is 0.997. The molecule has 4 heteroatoms. The van der Waals surface area contributed by atoms with E-state index in [-0.39, 0.29) is 22.8 Å². The molecule has 1 aromatic carbocycles. The van der Waals surface area contributed by atoms with E-state index in [0.717, 1.165) is 0 Å². The molecule has 0 N–H and O–H groups in total. The van der Waals surface area contributed by atoms with E-state index in [9.17, 15) is 9.18 Å². The number of rotatable bonds is 2. The third-order valence-corrected chi connectivity index (χ3v) is 4.51. The fourth-order valence-corrected chi connectivity index (χ4v) is 3.30. The maximum absolute atomic E-state index is 13.8. The van der Waals surface area contributed by atoms with Crippen molar-refractivity contribution < 1.29 is 13.9 Å². The summed E-state index contributed by atoms with van der Waals surface area (Å²) in [4.78, 5) is 12.2. The Bertz CT molecular complexity index is 457. The molecule has 1 aliphatic heterocycles. The zero-order valence-corrected chi connectivity index (χ0v) is 10.9. The van der Waals surface area contributed by atoms with Gasteiger partial charge in [0, 0.05) is 22.9 Å². The van der Waals surface area contributed by atoms with Gasteiger partial charge in [0.2, 0.25) is 0 Å². The summed E-state index contributed by atoms with van der Waals surface area (Å²) < 4.78 is 18.8. The molecule has 1 atom stereocenters. The molecule has 1 heterocycles. The maximum atomic E-state index is 13.8. The van der Waals surface area contributed by atoms with Gasteiger partial charge in [0.1, 0.15) is 11.6 Å². The predicted molar refractivity (Wildman–Crippen MR) is 67.2 cm³/mol. The van der Waals surface area contributed by atoms with E-state index in [0.29, 0.717) is 22.6 Å². The van der Waals surface area contributed by atoms with Gasteiger partial charge >= 0.3 is 0 Å². The summed E-state index contributed by atoms with van der Waals surface area (Å²) in [5, 5.41) is -0.0750. The first-order chi connectivity index (χ1) is 8.04. The number of halogens is 1. The van der Waals surface area contributed by atoms with E-state index in [1.807, 2.05) is 13.8 Å². The van der Waals surface area contributed by atoms with Crippen LogP contribution in [0.25, 0.3) is 0 Å². The van der Waals surface area contributed by atoms with Crippen LogP contribution in [0, 0.1) is 11.7 Å². The van der Waals surface area contributed by atoms with Crippen molar-refractivity contribution in [2.75, 3.05) is 7.11 Å². The fourth-order valence-electron chi connectivity index (χ4n) is 1.99. The minimum Gasteiger partial charge on any atom is -0.497 e. The van der Waals surface area contributed by atoms with E-state index in [2.05, 4.69) is 0 Å². The zero-order valence-electron chi connectivity index (χ0n) is 10.1. The average molecular weight is 254 g/mol. The van der Waals surface area contributed by atoms with E-state index in [1.165, 1.54) is 24.9 Å². The molecule has 92 valence electrons. The molecule has 0 aromatic heterocycles. The Hall–Kier alpha value is -1.03. The van der Waals surface area contributed by atoms with Gasteiger partial charge in [0.05, 0.1) is 12.4 Å². The molecule has 0 saturated heterocycles. The summed E-state index contributed by atoms with van der Waals surface area (Å²) in [6.45, 7) is 4.02. The van der Waals surface area contributed by atoms with Crippen molar-refractivity contribution in [3.8, 4) is 5.75 Å². The molecule has 0 bridgehead atoms. The standard InChI is InChI=1S/C13H15FO2S/c1-7(2)13-12(15)9-4-8(16-3)5-11(14)10(9)6-17-13/h4-5,7,13H,6H2,1-3H3. The number of carbonyl (C=O) groups excluding carboxylic acids is 1. The predicted octanol–water partition coefficient (Wildman–Crippen LogP) is 3.29. The van der Waals surface area contributed by atoms with Gasteiger partial charge in [-0.15, -0.1) is 11.8 Å². The molecule has 0 fully saturated rings. The quantitative estimate of drug-likeness (QED) is 0.810. The number of fused-ring (bicyclic) bond motifs is 1. The highest BCUT2D eigenvalue weighted by Gasteiger charge is 2.32. The Balaban J connectivity index is 2.47. The number of benzene rings is 1. The Morgan fingerprint density at radius 2 is 2.18 bits per heavy atom. The van der Waals surface area contributed by atoms with E-state index >= 15 is 0 Å². The van der Waals surface area contributed by atoms with E-state index in [1.54, 1.807) is 6.07 Å². The number of thioether (sulfide) groups is 1. The SMILES string of the molecule is COc1cc(F)c2c(c1)C(=O)C(C(C)C)SC2. The minimum absolute atomic E-state index is 0.0176. The molecule has 2 nitrogen and oxygen atoms in total. The Kier molecular flexibility index (Phi) is 3.43. The van der Waals surface area contributed by atoms with Gasteiger partial charge in [-0.05, 0) is 12.0 Å². The topological polar surface area (TPSA) is 26.3 Å². The smallest absolute Gasteiger partial charge is 0.176 e. The summed E-state index contributed by atoms with van der Waals surface area (Å²) in [6.07, 6.45) is 0. The van der Waals surface area contributed by atoms with Crippen LogP contribution in [0.15, 0.2) is 12.1 Å². The monoisotopic (exact) mass is 254 g/mol. The van der Waals surface area contributed by atoms with Gasteiger partial charge in [-0.3, -0.25) is 4.79 Å². The summed E-state index contributed by atoms with van der Waals surface area (Å²) in [6, 6.07) is 2.98. The molecule has 17 heavy (non-hydrogen) atoms. The fraction of sp³-hybridized carbons (Fsp3) is 0.462. The molecule has 0 radical (unpaired) electrons. The second kappa shape index (κ2) is 4.69. The molecular formula is C13H15FO2S. The van der Waals surface area contributed by atoms with Gasteiger partial charge < -0.3 is 4.74 Å². The average Bonchev–Trinajstić information content (AvgIpc) is 2.29. The van der Waals surface area contributed by atoms with Gasteiger partial charge in [0.25, 0.3) is 0 Å². The lowest BCUT2D eigenvalue weighted by Gasteiger charge is -2.26. The highest BCUT2D eigenvalue weighted by molar-refractivity contribution is 8.00. The van der Waals surface area contributed by atoms with Crippen molar-refractivity contribution in [2.45, 2.75) is 24.9 Å². The number of Topliss-reactive ketones (excluding diaryl/α,β-unsaturated/α-hetero) is 1. The van der Waals surface area contributed by atoms with Crippen LogP contribution in [0.5, 0.6) is 5.75 Å². The highest BCUT2D eigenvalue weighted by Crippen LogP contribution is 2.36. The number of methoxy groups -OCH3 is 1. The van der Waals surface area contributed by atoms with Crippen LogP contribution in [0.4, 0.5) is 4.39 Å². The first-order valence-electron chi connectivity index (χ1n) is 5.56. The number of hydrogen-bond donors (Lipinski definition) is 0. The van der Waals surface area contributed by atoms with Crippen molar-refractivity contribution in [3.63, 3.8) is 0 Å². The van der Waals surface area contributed by atoms with Crippen LogP contribution < -0.4 is 4.74 Å². The van der Waals surface area contributed by atoms with E-state index in [4.69, 9.17) is 4.74 Å². The summed E-state index contributed by atoms with van der Waals surface area (Å²) in [5.74, 6) is 0.894. The van der Waals surface area contributed by atoms with Crippen LogP contribution in [-0.2, 0) is 5.75 Å². The molecule has 0 amide bonds. The third-order valence-electron chi connectivity index (χ3n) is 2.94. The lowest BCUT2D eigenvalue weighted by molar-refractivity contribution is 0.0972. The van der Waals surface area contributed by atoms with Crippen molar-refractivity contribution >= 4 is 17.5 Å². The lowest BCUT2D eigenvalue weighted by atomic mass is 9.96. The van der Waals surface area contributed by atoms with E-state index < -0.39 is 0 Å². The highest BCUT2D eigenvalue weighted by atomic mass is 32.2. The second-order valence-corrected chi connectivity index (χ2v) is 5.61. The Labute approximate surface area is 105 Å². The minimum atomic E-state index is -0.345. The zero-order chi connectivity index (χ0) is 12.6. The van der Waals surface area contributed by atoms with Gasteiger partial charge in [-0.1, -0.05) is 13.8 Å². The first-order valence-corrected chi connectivity index (χ1v) is 6.61. The van der Waals surface area contributed by atoms with Crippen molar-refractivity contribution in [2.24, 2.45) is 5.92 Å². The van der Waals surface area contributed by atoms with Gasteiger partial charge in [0.15, 0.2) is 5.78 Å². The van der Waals surface area contributed by atoms with Crippen molar-refractivity contribution in [3.05, 3.63) is 29.1 Å². The van der Waals surface area contributed by atoms with Crippen LogP contribution in [0.1, 0.15) is 29.8 Å². The van der Waals surface area contributed by atoms with Crippen LogP contribution in [-0.4, -0.2) is 18.1 Å². The second-order valence-electron chi connectivity index (χ2n) is 4.48. The maximum Gasteiger partial charge on any atom is 0.176 e. The molecule has 0 saturated carbocycles. The third kappa shape index (κ3) is 2.18. The molecule has 0 spiro atoms. The molecule has 1 aromatic rings. The van der Waals surface area contributed by atoms with Crippen LogP contribution in [0.2, 0.25) is 0 Å². The molecule has 0 aliphatic carbocycles. The summed E-state index contributed by atoms with van der Waals surface area (Å²) in [7, 11) is 1.48. The normalized spacial score (nSPS) is 19.4. The number of hydrogen-bond acceptors (Lipinski definition) is 3. The van der Waals surface area contributed by atoms with Crippen molar-refractivity contribution in [1.29, 1.82) is 0 Å². The van der Waals surface area contributed by atoms with Gasteiger partial charge in [-0.2, -0.15) is 0 Å². The summed E-state index contributed by atoms with van der Waals surface area (Å²) >= 11 is 1.52. The first kappa shape index (κ1) is 12.4.